The van der Waals surface area contributed by atoms with Crippen molar-refractivity contribution in [2.24, 2.45) is 0 Å². The second-order valence-electron chi connectivity index (χ2n) is 2.76. The molecule has 1 aromatic rings. The van der Waals surface area contributed by atoms with Gasteiger partial charge < -0.3 is 10.5 Å². The van der Waals surface area contributed by atoms with Crippen molar-refractivity contribution < 1.29 is 26.7 Å². The van der Waals surface area contributed by atoms with Crippen LogP contribution in [0.2, 0.25) is 0 Å². The molecule has 0 fully saturated rings. The summed E-state index contributed by atoms with van der Waals surface area (Å²) >= 11 is 0. The van der Waals surface area contributed by atoms with E-state index in [4.69, 9.17) is 11.0 Å². The van der Waals surface area contributed by atoms with E-state index < -0.39 is 35.5 Å². The number of ether oxygens (including phenoxy) is 1. The van der Waals surface area contributed by atoms with Crippen LogP contribution < -0.4 is 10.5 Å². The SMILES string of the molecule is N#Cc1cnc(C(F)F)c(OC(F)(F)F)c1N. The molecule has 0 unspecified atom stereocenters. The summed E-state index contributed by atoms with van der Waals surface area (Å²) in [6.45, 7) is 0. The van der Waals surface area contributed by atoms with E-state index in [1.165, 1.54) is 6.07 Å². The van der Waals surface area contributed by atoms with Crippen molar-refractivity contribution in [1.29, 1.82) is 5.26 Å². The van der Waals surface area contributed by atoms with Gasteiger partial charge in [0.05, 0.1) is 11.3 Å². The highest BCUT2D eigenvalue weighted by Gasteiger charge is 2.35. The topological polar surface area (TPSA) is 71.9 Å². The van der Waals surface area contributed by atoms with Gasteiger partial charge in [-0.3, -0.25) is 0 Å². The molecular weight excluding hydrogens is 249 g/mol. The predicted molar refractivity (Wildman–Crippen MR) is 45.0 cm³/mol. The van der Waals surface area contributed by atoms with E-state index in [0.717, 1.165) is 0 Å². The molecule has 0 aliphatic heterocycles. The molecule has 0 aliphatic rings. The molecule has 0 radical (unpaired) electrons. The summed E-state index contributed by atoms with van der Waals surface area (Å²) in [5.74, 6) is -1.34. The molecule has 4 nitrogen and oxygen atoms in total. The summed E-state index contributed by atoms with van der Waals surface area (Å²) in [6.07, 6.45) is -7.85. The van der Waals surface area contributed by atoms with Crippen LogP contribution in [0.3, 0.4) is 0 Å². The fraction of sp³-hybridized carbons (Fsp3) is 0.250. The Labute approximate surface area is 91.4 Å². The fourth-order valence-corrected chi connectivity index (χ4v) is 0.990. The van der Waals surface area contributed by atoms with Gasteiger partial charge in [0.15, 0.2) is 11.4 Å². The molecule has 92 valence electrons. The summed E-state index contributed by atoms with van der Waals surface area (Å²) in [5, 5.41) is 8.48. The predicted octanol–water partition coefficient (Wildman–Crippen LogP) is 2.37. The van der Waals surface area contributed by atoms with Crippen molar-refractivity contribution in [3.05, 3.63) is 17.5 Å². The first-order chi connectivity index (χ1) is 7.76. The summed E-state index contributed by atoms with van der Waals surface area (Å²) in [5.41, 5.74) is 2.55. The molecule has 1 aromatic heterocycles. The van der Waals surface area contributed by atoms with E-state index in [1.54, 1.807) is 0 Å². The van der Waals surface area contributed by atoms with E-state index in [-0.39, 0.29) is 0 Å². The van der Waals surface area contributed by atoms with Gasteiger partial charge in [-0.05, 0) is 0 Å². The second kappa shape index (κ2) is 4.40. The molecule has 2 N–H and O–H groups in total. The number of nitrogens with two attached hydrogens (primary N) is 1. The first-order valence-corrected chi connectivity index (χ1v) is 3.98. The number of nitrogens with zero attached hydrogens (tertiary/aromatic N) is 2. The molecule has 1 rings (SSSR count). The van der Waals surface area contributed by atoms with Crippen molar-refractivity contribution in [3.8, 4) is 11.8 Å². The smallest absolute Gasteiger partial charge is 0.401 e. The molecule has 0 saturated carbocycles. The molecule has 0 atom stereocenters. The number of hydrogen-bond donors (Lipinski definition) is 1. The Balaban J connectivity index is 3.36. The van der Waals surface area contributed by atoms with Crippen LogP contribution >= 0.6 is 0 Å². The average Bonchev–Trinajstić information content (AvgIpc) is 2.18. The van der Waals surface area contributed by atoms with Gasteiger partial charge in [-0.25, -0.2) is 13.8 Å². The summed E-state index contributed by atoms with van der Waals surface area (Å²) in [4.78, 5) is 3.02. The lowest BCUT2D eigenvalue weighted by Crippen LogP contribution is -2.20. The van der Waals surface area contributed by atoms with Gasteiger partial charge in [-0.2, -0.15) is 5.26 Å². The largest absolute Gasteiger partial charge is 0.573 e. The number of nitriles is 1. The maximum Gasteiger partial charge on any atom is 0.573 e. The minimum absolute atomic E-state index is 0.478. The van der Waals surface area contributed by atoms with E-state index >= 15 is 0 Å². The van der Waals surface area contributed by atoms with Gasteiger partial charge >= 0.3 is 6.36 Å². The lowest BCUT2D eigenvalue weighted by atomic mass is 10.2. The third-order valence-corrected chi connectivity index (χ3v) is 1.65. The molecule has 0 saturated heterocycles. The molecular formula is C8H4F5N3O. The lowest BCUT2D eigenvalue weighted by Gasteiger charge is -2.14. The molecule has 17 heavy (non-hydrogen) atoms. The summed E-state index contributed by atoms with van der Waals surface area (Å²) in [7, 11) is 0. The average molecular weight is 253 g/mol. The Morgan fingerprint density at radius 3 is 2.41 bits per heavy atom. The van der Waals surface area contributed by atoms with Crippen LogP contribution in [-0.2, 0) is 0 Å². The van der Waals surface area contributed by atoms with Gasteiger partial charge in [0.1, 0.15) is 6.07 Å². The Bertz CT molecular complexity index is 465. The second-order valence-corrected chi connectivity index (χ2v) is 2.76. The monoisotopic (exact) mass is 253 g/mol. The van der Waals surface area contributed by atoms with Crippen LogP contribution in [0.25, 0.3) is 0 Å². The molecule has 0 spiro atoms. The van der Waals surface area contributed by atoms with Gasteiger partial charge in [0.2, 0.25) is 0 Å². The molecule has 0 aliphatic carbocycles. The van der Waals surface area contributed by atoms with E-state index in [1.807, 2.05) is 0 Å². The zero-order valence-corrected chi connectivity index (χ0v) is 7.92. The highest BCUT2D eigenvalue weighted by molar-refractivity contribution is 5.64. The quantitative estimate of drug-likeness (QED) is 0.821. The van der Waals surface area contributed by atoms with Crippen molar-refractivity contribution in [1.82, 2.24) is 4.98 Å². The van der Waals surface area contributed by atoms with Crippen LogP contribution in [0, 0.1) is 11.3 Å². The van der Waals surface area contributed by atoms with Crippen molar-refractivity contribution in [2.75, 3.05) is 5.73 Å². The Hall–Kier alpha value is -2.11. The zero-order chi connectivity index (χ0) is 13.2. The Morgan fingerprint density at radius 1 is 1.41 bits per heavy atom. The summed E-state index contributed by atoms with van der Waals surface area (Å²) < 4.78 is 64.0. The van der Waals surface area contributed by atoms with Crippen molar-refractivity contribution in [2.45, 2.75) is 12.8 Å². The number of rotatable bonds is 2. The van der Waals surface area contributed by atoms with Crippen molar-refractivity contribution >= 4 is 5.69 Å². The first kappa shape index (κ1) is 13.0. The fourth-order valence-electron chi connectivity index (χ4n) is 0.990. The molecule has 0 bridgehead atoms. The van der Waals surface area contributed by atoms with Gasteiger partial charge in [0.25, 0.3) is 6.43 Å². The number of nitrogen functional groups attached to an aromatic ring is 1. The van der Waals surface area contributed by atoms with Gasteiger partial charge in [0, 0.05) is 6.20 Å². The number of pyridine rings is 1. The van der Waals surface area contributed by atoms with E-state index in [9.17, 15) is 22.0 Å². The normalized spacial score (nSPS) is 11.4. The van der Waals surface area contributed by atoms with Crippen LogP contribution in [0.4, 0.5) is 27.6 Å². The lowest BCUT2D eigenvalue weighted by molar-refractivity contribution is -0.275. The van der Waals surface area contributed by atoms with Crippen LogP contribution in [-0.4, -0.2) is 11.3 Å². The Kier molecular flexibility index (Phi) is 3.36. The van der Waals surface area contributed by atoms with E-state index in [0.29, 0.717) is 6.20 Å². The highest BCUT2D eigenvalue weighted by Crippen LogP contribution is 2.37. The van der Waals surface area contributed by atoms with Gasteiger partial charge in [-0.15, -0.1) is 13.2 Å². The minimum Gasteiger partial charge on any atom is -0.401 e. The highest BCUT2D eigenvalue weighted by atomic mass is 19.4. The number of halogens is 5. The van der Waals surface area contributed by atoms with E-state index in [2.05, 4.69) is 9.72 Å². The molecule has 9 heteroatoms. The number of alkyl halides is 5. The third kappa shape index (κ3) is 2.93. The Morgan fingerprint density at radius 2 is 2.00 bits per heavy atom. The number of aromatic nitrogens is 1. The zero-order valence-electron chi connectivity index (χ0n) is 7.92. The molecule has 1 heterocycles. The van der Waals surface area contributed by atoms with Crippen molar-refractivity contribution in [3.63, 3.8) is 0 Å². The minimum atomic E-state index is -5.20. The standard InChI is InChI=1S/C8H4F5N3O/c9-7(10)5-6(17-8(11,12)13)4(15)3(1-14)2-16-5/h2,7H,(H2,15,16). The number of hydrogen-bond acceptors (Lipinski definition) is 4. The third-order valence-electron chi connectivity index (χ3n) is 1.65. The van der Waals surface area contributed by atoms with Crippen LogP contribution in [0.1, 0.15) is 17.7 Å². The maximum atomic E-state index is 12.4. The molecule has 0 aromatic carbocycles. The first-order valence-electron chi connectivity index (χ1n) is 3.98. The maximum absolute atomic E-state index is 12.4. The van der Waals surface area contributed by atoms with Crippen LogP contribution in [0.15, 0.2) is 6.20 Å². The van der Waals surface area contributed by atoms with Gasteiger partial charge in [-0.1, -0.05) is 0 Å². The summed E-state index contributed by atoms with van der Waals surface area (Å²) in [6, 6.07) is 1.41. The number of anilines is 1. The molecule has 0 amide bonds. The van der Waals surface area contributed by atoms with Crippen LogP contribution in [0.5, 0.6) is 5.75 Å².